The Morgan fingerprint density at radius 1 is 1.08 bits per heavy atom. The molecular formula is C20H20F2N2O2. The highest BCUT2D eigenvalue weighted by Gasteiger charge is 2.33. The Morgan fingerprint density at radius 3 is 2.46 bits per heavy atom. The summed E-state index contributed by atoms with van der Waals surface area (Å²) in [4.78, 5) is 26.4. The maximum Gasteiger partial charge on any atom is 0.314 e. The molecule has 4 nitrogen and oxygen atoms in total. The van der Waals surface area contributed by atoms with Crippen LogP contribution < -0.4 is 5.32 Å². The van der Waals surface area contributed by atoms with E-state index in [1.807, 2.05) is 32.0 Å². The van der Waals surface area contributed by atoms with Gasteiger partial charge in [0.15, 0.2) is 0 Å². The number of benzene rings is 2. The van der Waals surface area contributed by atoms with Crippen LogP contribution in [-0.4, -0.2) is 23.3 Å². The average molecular weight is 358 g/mol. The molecule has 1 saturated heterocycles. The van der Waals surface area contributed by atoms with Gasteiger partial charge in [0, 0.05) is 12.6 Å². The second-order valence-electron chi connectivity index (χ2n) is 6.66. The van der Waals surface area contributed by atoms with Crippen LogP contribution in [0.15, 0.2) is 36.4 Å². The van der Waals surface area contributed by atoms with Gasteiger partial charge in [0.05, 0.1) is 11.7 Å². The van der Waals surface area contributed by atoms with Gasteiger partial charge in [-0.1, -0.05) is 29.3 Å². The van der Waals surface area contributed by atoms with Gasteiger partial charge in [-0.3, -0.25) is 9.59 Å². The minimum absolute atomic E-state index is 0.191. The largest absolute Gasteiger partial charge is 0.327 e. The minimum Gasteiger partial charge on any atom is -0.327 e. The van der Waals surface area contributed by atoms with Crippen molar-refractivity contribution in [2.45, 2.75) is 32.7 Å². The molecule has 2 amide bonds. The third kappa shape index (κ3) is 3.74. The number of carbonyl (C=O) groups is 2. The van der Waals surface area contributed by atoms with Gasteiger partial charge in [0.2, 0.25) is 0 Å². The second-order valence-corrected chi connectivity index (χ2v) is 6.66. The molecule has 2 aromatic rings. The molecule has 0 radical (unpaired) electrons. The number of carbonyl (C=O) groups excluding carboxylic acids is 2. The van der Waals surface area contributed by atoms with E-state index in [4.69, 9.17) is 0 Å². The molecule has 6 heteroatoms. The fourth-order valence-corrected chi connectivity index (χ4v) is 3.46. The van der Waals surface area contributed by atoms with Crippen molar-refractivity contribution in [1.29, 1.82) is 0 Å². The van der Waals surface area contributed by atoms with Crippen LogP contribution in [0.4, 0.5) is 14.5 Å². The van der Waals surface area contributed by atoms with Crippen molar-refractivity contribution in [3.8, 4) is 0 Å². The quantitative estimate of drug-likeness (QED) is 0.828. The van der Waals surface area contributed by atoms with E-state index >= 15 is 0 Å². The van der Waals surface area contributed by atoms with Crippen molar-refractivity contribution in [2.24, 2.45) is 0 Å². The highest BCUT2D eigenvalue weighted by Crippen LogP contribution is 2.33. The molecule has 0 aromatic heterocycles. The van der Waals surface area contributed by atoms with E-state index in [9.17, 15) is 18.4 Å². The normalized spacial score (nSPS) is 16.6. The SMILES string of the molecule is Cc1cc(C)cc(C2CCCN2C(=O)C(=O)Nc2cc(F)ccc2F)c1. The fraction of sp³-hybridized carbons (Fsp3) is 0.300. The van der Waals surface area contributed by atoms with Crippen molar-refractivity contribution < 1.29 is 18.4 Å². The number of rotatable bonds is 2. The maximum atomic E-state index is 13.7. The topological polar surface area (TPSA) is 49.4 Å². The van der Waals surface area contributed by atoms with Gasteiger partial charge >= 0.3 is 11.8 Å². The predicted octanol–water partition coefficient (Wildman–Crippen LogP) is 3.88. The molecule has 1 unspecified atom stereocenters. The molecule has 1 heterocycles. The first-order valence-corrected chi connectivity index (χ1v) is 8.50. The van der Waals surface area contributed by atoms with E-state index in [-0.39, 0.29) is 11.7 Å². The Bertz CT molecular complexity index is 847. The lowest BCUT2D eigenvalue weighted by atomic mass is 9.99. The van der Waals surface area contributed by atoms with Crippen LogP contribution in [0, 0.1) is 25.5 Å². The van der Waals surface area contributed by atoms with E-state index in [0.717, 1.165) is 47.7 Å². The zero-order valence-corrected chi connectivity index (χ0v) is 14.7. The monoisotopic (exact) mass is 358 g/mol. The van der Waals surface area contributed by atoms with Gasteiger partial charge in [0.25, 0.3) is 0 Å². The summed E-state index contributed by atoms with van der Waals surface area (Å²) in [6.45, 7) is 4.42. The summed E-state index contributed by atoms with van der Waals surface area (Å²) in [5, 5.41) is 2.18. The summed E-state index contributed by atoms with van der Waals surface area (Å²) >= 11 is 0. The number of hydrogen-bond donors (Lipinski definition) is 1. The molecule has 0 aliphatic carbocycles. The number of halogens is 2. The molecule has 1 fully saturated rings. The first kappa shape index (κ1) is 18.0. The zero-order chi connectivity index (χ0) is 18.8. The van der Waals surface area contributed by atoms with Crippen LogP contribution in [0.2, 0.25) is 0 Å². The molecule has 0 saturated carbocycles. The molecule has 136 valence electrons. The van der Waals surface area contributed by atoms with Gasteiger partial charge in [0.1, 0.15) is 11.6 Å². The van der Waals surface area contributed by atoms with Crippen LogP contribution in [0.3, 0.4) is 0 Å². The first-order chi connectivity index (χ1) is 12.3. The van der Waals surface area contributed by atoms with E-state index in [0.29, 0.717) is 6.54 Å². The van der Waals surface area contributed by atoms with E-state index in [2.05, 4.69) is 5.32 Å². The van der Waals surface area contributed by atoms with Crippen molar-refractivity contribution in [2.75, 3.05) is 11.9 Å². The molecule has 1 aliphatic heterocycles. The number of aryl methyl sites for hydroxylation is 2. The van der Waals surface area contributed by atoms with Crippen molar-refractivity contribution in [3.05, 3.63) is 64.7 Å². The molecule has 26 heavy (non-hydrogen) atoms. The molecule has 1 N–H and O–H groups in total. The van der Waals surface area contributed by atoms with Gasteiger partial charge in [-0.2, -0.15) is 0 Å². The summed E-state index contributed by atoms with van der Waals surface area (Å²) in [7, 11) is 0. The van der Waals surface area contributed by atoms with Crippen LogP contribution >= 0.6 is 0 Å². The Morgan fingerprint density at radius 2 is 1.77 bits per heavy atom. The Hall–Kier alpha value is -2.76. The maximum absolute atomic E-state index is 13.7. The molecule has 0 spiro atoms. The third-order valence-corrected chi connectivity index (χ3v) is 4.51. The van der Waals surface area contributed by atoms with E-state index in [1.54, 1.807) is 0 Å². The lowest BCUT2D eigenvalue weighted by molar-refractivity contribution is -0.143. The number of nitrogens with zero attached hydrogens (tertiary/aromatic N) is 1. The zero-order valence-electron chi connectivity index (χ0n) is 14.7. The van der Waals surface area contributed by atoms with Crippen LogP contribution in [0.25, 0.3) is 0 Å². The van der Waals surface area contributed by atoms with Gasteiger partial charge in [-0.05, 0) is 44.4 Å². The highest BCUT2D eigenvalue weighted by molar-refractivity contribution is 6.39. The summed E-state index contributed by atoms with van der Waals surface area (Å²) in [6.07, 6.45) is 1.54. The summed E-state index contributed by atoms with van der Waals surface area (Å²) < 4.78 is 26.9. The van der Waals surface area contributed by atoms with Crippen molar-refractivity contribution in [1.82, 2.24) is 4.90 Å². The number of hydrogen-bond acceptors (Lipinski definition) is 2. The lowest BCUT2D eigenvalue weighted by Gasteiger charge is -2.25. The average Bonchev–Trinajstić information content (AvgIpc) is 3.06. The number of amides is 2. The Kier molecular flexibility index (Phi) is 5.02. The van der Waals surface area contributed by atoms with E-state index in [1.165, 1.54) is 4.90 Å². The summed E-state index contributed by atoms with van der Waals surface area (Å²) in [5.74, 6) is -3.19. The summed E-state index contributed by atoms with van der Waals surface area (Å²) in [5.41, 5.74) is 2.82. The molecular weight excluding hydrogens is 338 g/mol. The van der Waals surface area contributed by atoms with Crippen LogP contribution in [0.1, 0.15) is 35.6 Å². The number of anilines is 1. The summed E-state index contributed by atoms with van der Waals surface area (Å²) in [6, 6.07) is 8.58. The lowest BCUT2D eigenvalue weighted by Crippen LogP contribution is -2.39. The van der Waals surface area contributed by atoms with Gasteiger partial charge < -0.3 is 10.2 Å². The van der Waals surface area contributed by atoms with Crippen molar-refractivity contribution in [3.63, 3.8) is 0 Å². The molecule has 3 rings (SSSR count). The standard InChI is InChI=1S/C20H20F2N2O2/c1-12-8-13(2)10-14(9-12)18-4-3-7-24(18)20(26)19(25)23-17-11-15(21)5-6-16(17)22/h5-6,8-11,18H,3-4,7H2,1-2H3,(H,23,25). The number of nitrogens with one attached hydrogen (secondary N) is 1. The molecule has 2 aromatic carbocycles. The Labute approximate surface area is 150 Å². The second kappa shape index (κ2) is 7.23. The minimum atomic E-state index is -0.967. The van der Waals surface area contributed by atoms with Gasteiger partial charge in [-0.25, -0.2) is 8.78 Å². The number of likely N-dealkylation sites (tertiary alicyclic amines) is 1. The van der Waals surface area contributed by atoms with Crippen LogP contribution in [-0.2, 0) is 9.59 Å². The molecule has 1 aliphatic rings. The fourth-order valence-electron chi connectivity index (χ4n) is 3.46. The first-order valence-electron chi connectivity index (χ1n) is 8.50. The molecule has 0 bridgehead atoms. The Balaban J connectivity index is 1.79. The smallest absolute Gasteiger partial charge is 0.314 e. The third-order valence-electron chi connectivity index (χ3n) is 4.51. The van der Waals surface area contributed by atoms with Crippen molar-refractivity contribution >= 4 is 17.5 Å². The van der Waals surface area contributed by atoms with Crippen LogP contribution in [0.5, 0.6) is 0 Å². The van der Waals surface area contributed by atoms with Gasteiger partial charge in [-0.15, -0.1) is 0 Å². The predicted molar refractivity (Wildman–Crippen MR) is 94.6 cm³/mol. The highest BCUT2D eigenvalue weighted by atomic mass is 19.1. The van der Waals surface area contributed by atoms with E-state index < -0.39 is 23.4 Å². The molecule has 1 atom stereocenters.